The molecular formula is C9H3ClFNS. The molecule has 13 heavy (non-hydrogen) atoms. The third kappa shape index (κ3) is 1.19. The zero-order valence-corrected chi connectivity index (χ0v) is 7.92. The van der Waals surface area contributed by atoms with Crippen LogP contribution in [0.3, 0.4) is 0 Å². The van der Waals surface area contributed by atoms with Gasteiger partial charge >= 0.3 is 0 Å². The molecule has 2 aromatic rings. The van der Waals surface area contributed by atoms with Gasteiger partial charge in [-0.1, -0.05) is 11.6 Å². The number of hydrogen-bond acceptors (Lipinski definition) is 2. The minimum absolute atomic E-state index is 0.207. The molecular weight excluding hydrogens is 209 g/mol. The lowest BCUT2D eigenvalue weighted by Crippen LogP contribution is -1.78. The average molecular weight is 212 g/mol. The highest BCUT2D eigenvalue weighted by Gasteiger charge is 2.10. The molecule has 0 radical (unpaired) electrons. The minimum atomic E-state index is -0.359. The first-order chi connectivity index (χ1) is 6.24. The van der Waals surface area contributed by atoms with Crippen LogP contribution in [0.15, 0.2) is 17.5 Å². The van der Waals surface area contributed by atoms with Crippen LogP contribution in [0.4, 0.5) is 4.39 Å². The Bertz CT molecular complexity index is 512. The molecule has 1 aromatic heterocycles. The molecule has 0 aliphatic heterocycles. The number of nitrogens with zero attached hydrogens (tertiary/aromatic N) is 1. The molecule has 0 aliphatic rings. The normalized spacial score (nSPS) is 10.2. The van der Waals surface area contributed by atoms with E-state index in [4.69, 9.17) is 16.9 Å². The molecule has 0 saturated carbocycles. The smallest absolute Gasteiger partial charge is 0.143 e. The number of hydrogen-bond donors (Lipinski definition) is 0. The van der Waals surface area contributed by atoms with E-state index in [-0.39, 0.29) is 10.8 Å². The van der Waals surface area contributed by atoms with Crippen LogP contribution in [-0.2, 0) is 0 Å². The summed E-state index contributed by atoms with van der Waals surface area (Å²) in [6, 6.07) is 5.21. The molecule has 0 bridgehead atoms. The fraction of sp³-hybridized carbons (Fsp3) is 0. The Kier molecular flexibility index (Phi) is 1.95. The van der Waals surface area contributed by atoms with Gasteiger partial charge in [0.05, 0.1) is 10.6 Å². The minimum Gasteiger partial charge on any atom is -0.205 e. The van der Waals surface area contributed by atoms with Crippen LogP contribution in [0.5, 0.6) is 0 Å². The Morgan fingerprint density at radius 1 is 1.46 bits per heavy atom. The molecule has 2 rings (SSSR count). The van der Waals surface area contributed by atoms with Crippen LogP contribution >= 0.6 is 22.9 Å². The molecule has 0 spiro atoms. The quantitative estimate of drug-likeness (QED) is 0.654. The number of nitriles is 1. The van der Waals surface area contributed by atoms with E-state index in [1.165, 1.54) is 16.7 Å². The summed E-state index contributed by atoms with van der Waals surface area (Å²) < 4.78 is 13.9. The van der Waals surface area contributed by atoms with Gasteiger partial charge in [0.2, 0.25) is 0 Å². The Labute approximate surface area is 83.0 Å². The standard InChI is InChI=1S/C9H3ClFNS/c10-9-5(3-12)1-2-7-8(9)6(11)4-13-7/h1-2,4H. The van der Waals surface area contributed by atoms with Crippen LogP contribution in [0.25, 0.3) is 10.1 Å². The molecule has 0 atom stereocenters. The summed E-state index contributed by atoms with van der Waals surface area (Å²) in [5.74, 6) is -0.359. The third-order valence-electron chi connectivity index (χ3n) is 1.75. The summed E-state index contributed by atoms with van der Waals surface area (Å²) in [7, 11) is 0. The SMILES string of the molecule is N#Cc1ccc2scc(F)c2c1Cl. The fourth-order valence-corrected chi connectivity index (χ4v) is 2.31. The van der Waals surface area contributed by atoms with E-state index in [1.54, 1.807) is 12.1 Å². The highest BCUT2D eigenvalue weighted by atomic mass is 35.5. The highest BCUT2D eigenvalue weighted by Crippen LogP contribution is 2.33. The monoisotopic (exact) mass is 211 g/mol. The molecule has 1 aromatic carbocycles. The van der Waals surface area contributed by atoms with Crippen LogP contribution in [0, 0.1) is 17.1 Å². The van der Waals surface area contributed by atoms with Crippen LogP contribution in [0.1, 0.15) is 5.56 Å². The molecule has 0 N–H and O–H groups in total. The number of thiophene rings is 1. The van der Waals surface area contributed by atoms with Crippen molar-refractivity contribution >= 4 is 33.0 Å². The van der Waals surface area contributed by atoms with E-state index in [9.17, 15) is 4.39 Å². The van der Waals surface area contributed by atoms with Gasteiger partial charge in [-0.15, -0.1) is 11.3 Å². The zero-order chi connectivity index (χ0) is 9.42. The number of halogens is 2. The summed E-state index contributed by atoms with van der Waals surface area (Å²) in [6.45, 7) is 0. The first-order valence-electron chi connectivity index (χ1n) is 3.49. The summed E-state index contributed by atoms with van der Waals surface area (Å²) in [6.07, 6.45) is 0. The number of rotatable bonds is 0. The van der Waals surface area contributed by atoms with Gasteiger partial charge in [-0.2, -0.15) is 5.26 Å². The molecule has 0 unspecified atom stereocenters. The number of benzene rings is 1. The third-order valence-corrected chi connectivity index (χ3v) is 3.06. The largest absolute Gasteiger partial charge is 0.205 e. The van der Waals surface area contributed by atoms with Crippen molar-refractivity contribution in [2.75, 3.05) is 0 Å². The second-order valence-corrected chi connectivity index (χ2v) is 3.78. The maximum atomic E-state index is 13.1. The van der Waals surface area contributed by atoms with E-state index in [0.717, 1.165) is 4.70 Å². The maximum Gasteiger partial charge on any atom is 0.143 e. The lowest BCUT2D eigenvalue weighted by atomic mass is 10.2. The molecule has 0 saturated heterocycles. The van der Waals surface area contributed by atoms with Crippen molar-refractivity contribution in [1.29, 1.82) is 5.26 Å². The summed E-state index contributed by atoms with van der Waals surface area (Å²) in [4.78, 5) is 0. The molecule has 1 heterocycles. The van der Waals surface area contributed by atoms with Crippen molar-refractivity contribution in [3.8, 4) is 6.07 Å². The zero-order valence-electron chi connectivity index (χ0n) is 6.34. The Balaban J connectivity index is 2.93. The van der Waals surface area contributed by atoms with Gasteiger partial charge in [0.1, 0.15) is 11.9 Å². The van der Waals surface area contributed by atoms with E-state index in [2.05, 4.69) is 0 Å². The van der Waals surface area contributed by atoms with E-state index in [0.29, 0.717) is 10.9 Å². The lowest BCUT2D eigenvalue weighted by molar-refractivity contribution is 0.644. The van der Waals surface area contributed by atoms with Crippen molar-refractivity contribution in [3.05, 3.63) is 33.9 Å². The molecule has 4 heteroatoms. The Morgan fingerprint density at radius 2 is 2.23 bits per heavy atom. The maximum absolute atomic E-state index is 13.1. The highest BCUT2D eigenvalue weighted by molar-refractivity contribution is 7.17. The van der Waals surface area contributed by atoms with Gasteiger partial charge < -0.3 is 0 Å². The molecule has 64 valence electrons. The average Bonchev–Trinajstić information content (AvgIpc) is 2.49. The van der Waals surface area contributed by atoms with Crippen molar-refractivity contribution in [1.82, 2.24) is 0 Å². The second kappa shape index (κ2) is 2.99. The first-order valence-corrected chi connectivity index (χ1v) is 4.75. The fourth-order valence-electron chi connectivity index (χ4n) is 1.14. The molecule has 0 amide bonds. The van der Waals surface area contributed by atoms with Crippen molar-refractivity contribution in [2.45, 2.75) is 0 Å². The Morgan fingerprint density at radius 3 is 2.92 bits per heavy atom. The van der Waals surface area contributed by atoms with Crippen molar-refractivity contribution < 1.29 is 4.39 Å². The molecule has 1 nitrogen and oxygen atoms in total. The first kappa shape index (κ1) is 8.49. The van der Waals surface area contributed by atoms with Crippen molar-refractivity contribution in [2.24, 2.45) is 0 Å². The summed E-state index contributed by atoms with van der Waals surface area (Å²) in [5.41, 5.74) is 0.312. The van der Waals surface area contributed by atoms with Crippen LogP contribution in [-0.4, -0.2) is 0 Å². The van der Waals surface area contributed by atoms with Gasteiger partial charge in [0.15, 0.2) is 0 Å². The summed E-state index contributed by atoms with van der Waals surface area (Å²) >= 11 is 7.11. The summed E-state index contributed by atoms with van der Waals surface area (Å²) in [5, 5.41) is 10.6. The van der Waals surface area contributed by atoms with E-state index >= 15 is 0 Å². The van der Waals surface area contributed by atoms with E-state index in [1.807, 2.05) is 6.07 Å². The second-order valence-electron chi connectivity index (χ2n) is 2.50. The van der Waals surface area contributed by atoms with Gasteiger partial charge in [-0.25, -0.2) is 4.39 Å². The molecule has 0 fully saturated rings. The number of fused-ring (bicyclic) bond motifs is 1. The molecule has 0 aliphatic carbocycles. The Hall–Kier alpha value is -1.11. The van der Waals surface area contributed by atoms with Gasteiger partial charge in [-0.3, -0.25) is 0 Å². The predicted octanol–water partition coefficient (Wildman–Crippen LogP) is 3.57. The predicted molar refractivity (Wildman–Crippen MR) is 51.5 cm³/mol. The van der Waals surface area contributed by atoms with Crippen LogP contribution < -0.4 is 0 Å². The van der Waals surface area contributed by atoms with Gasteiger partial charge in [0, 0.05) is 15.5 Å². The van der Waals surface area contributed by atoms with Gasteiger partial charge in [-0.05, 0) is 12.1 Å². The van der Waals surface area contributed by atoms with Crippen molar-refractivity contribution in [3.63, 3.8) is 0 Å². The van der Waals surface area contributed by atoms with Crippen LogP contribution in [0.2, 0.25) is 5.02 Å². The lowest BCUT2D eigenvalue weighted by Gasteiger charge is -1.95. The van der Waals surface area contributed by atoms with E-state index < -0.39 is 0 Å². The van der Waals surface area contributed by atoms with Gasteiger partial charge in [0.25, 0.3) is 0 Å². The topological polar surface area (TPSA) is 23.8 Å².